The van der Waals surface area contributed by atoms with Gasteiger partial charge in [0.2, 0.25) is 0 Å². The Morgan fingerprint density at radius 3 is 3.06 bits per heavy atom. The molecule has 1 fully saturated rings. The molecule has 1 aromatic rings. The second-order valence-electron chi connectivity index (χ2n) is 4.70. The second-order valence-corrected chi connectivity index (χ2v) is 4.70. The van der Waals surface area contributed by atoms with Crippen LogP contribution in [-0.4, -0.2) is 46.4 Å². The number of hydrogen-bond acceptors (Lipinski definition) is 3. The summed E-state index contributed by atoms with van der Waals surface area (Å²) in [6, 6.07) is 2.03. The summed E-state index contributed by atoms with van der Waals surface area (Å²) in [5.41, 5.74) is 8.07. The Kier molecular flexibility index (Phi) is 3.86. The molecular weight excluding hydrogens is 230 g/mol. The fraction of sp³-hybridized carbons (Fsp3) is 0.667. The van der Waals surface area contributed by atoms with E-state index in [9.17, 15) is 0 Å². The predicted molar refractivity (Wildman–Crippen MR) is 70.3 cm³/mol. The van der Waals surface area contributed by atoms with Crippen LogP contribution in [0.15, 0.2) is 11.1 Å². The third kappa shape index (κ3) is 3.01. The molecule has 2 rings (SSSR count). The van der Waals surface area contributed by atoms with Gasteiger partial charge in [0.25, 0.3) is 0 Å². The van der Waals surface area contributed by atoms with Gasteiger partial charge >= 0.3 is 0 Å². The molecule has 2 N–H and O–H groups in total. The van der Waals surface area contributed by atoms with Crippen molar-refractivity contribution >= 4 is 5.96 Å². The van der Waals surface area contributed by atoms with Crippen LogP contribution in [0.5, 0.6) is 0 Å². The van der Waals surface area contributed by atoms with Gasteiger partial charge in [0.05, 0.1) is 30.6 Å². The summed E-state index contributed by atoms with van der Waals surface area (Å²) < 4.78 is 7.32. The highest BCUT2D eigenvalue weighted by Crippen LogP contribution is 2.06. The van der Waals surface area contributed by atoms with E-state index in [0.29, 0.717) is 19.1 Å². The molecule has 1 atom stereocenters. The van der Waals surface area contributed by atoms with E-state index in [4.69, 9.17) is 10.5 Å². The number of rotatable bonds is 2. The first-order valence-electron chi connectivity index (χ1n) is 6.22. The maximum absolute atomic E-state index is 6.01. The molecule has 0 spiro atoms. The Bertz CT molecular complexity index is 440. The summed E-state index contributed by atoms with van der Waals surface area (Å²) in [6.45, 7) is 6.91. The van der Waals surface area contributed by atoms with Crippen molar-refractivity contribution in [1.82, 2.24) is 14.7 Å². The third-order valence-corrected chi connectivity index (χ3v) is 3.07. The number of aliphatic imine (C=N–C) groups is 1. The van der Waals surface area contributed by atoms with Crippen LogP contribution in [0.1, 0.15) is 18.3 Å². The van der Waals surface area contributed by atoms with E-state index >= 15 is 0 Å². The lowest BCUT2D eigenvalue weighted by molar-refractivity contribution is 0.00528. The zero-order valence-electron chi connectivity index (χ0n) is 11.3. The second kappa shape index (κ2) is 5.39. The lowest BCUT2D eigenvalue weighted by Gasteiger charge is -2.31. The largest absolute Gasteiger partial charge is 0.375 e. The molecule has 1 aliphatic rings. The Morgan fingerprint density at radius 1 is 1.67 bits per heavy atom. The first-order valence-corrected chi connectivity index (χ1v) is 6.22. The lowest BCUT2D eigenvalue weighted by atomic mass is 10.3. The summed E-state index contributed by atoms with van der Waals surface area (Å²) >= 11 is 0. The highest BCUT2D eigenvalue weighted by Gasteiger charge is 2.17. The van der Waals surface area contributed by atoms with Gasteiger partial charge in [0.15, 0.2) is 5.96 Å². The minimum atomic E-state index is 0.214. The van der Waals surface area contributed by atoms with Gasteiger partial charge in [-0.05, 0) is 19.9 Å². The number of ether oxygens (including phenoxy) is 1. The Hall–Kier alpha value is -1.56. The molecule has 1 aliphatic heterocycles. The minimum absolute atomic E-state index is 0.214. The Balaban J connectivity index is 1.98. The molecule has 1 saturated heterocycles. The number of hydrogen-bond donors (Lipinski definition) is 1. The van der Waals surface area contributed by atoms with Crippen molar-refractivity contribution in [2.24, 2.45) is 17.8 Å². The van der Waals surface area contributed by atoms with Crippen molar-refractivity contribution in [3.8, 4) is 0 Å². The average Bonchev–Trinajstić information content (AvgIpc) is 2.65. The average molecular weight is 251 g/mol. The monoisotopic (exact) mass is 251 g/mol. The van der Waals surface area contributed by atoms with Gasteiger partial charge in [-0.3, -0.25) is 4.68 Å². The lowest BCUT2D eigenvalue weighted by Crippen LogP contribution is -2.47. The molecule has 1 aromatic heterocycles. The van der Waals surface area contributed by atoms with Crippen molar-refractivity contribution in [1.29, 1.82) is 0 Å². The van der Waals surface area contributed by atoms with Crippen LogP contribution < -0.4 is 5.73 Å². The van der Waals surface area contributed by atoms with Gasteiger partial charge < -0.3 is 15.4 Å². The van der Waals surface area contributed by atoms with Crippen LogP contribution in [0, 0.1) is 6.92 Å². The number of morpholine rings is 1. The quantitative estimate of drug-likeness (QED) is 0.605. The van der Waals surface area contributed by atoms with Gasteiger partial charge in [-0.2, -0.15) is 5.10 Å². The van der Waals surface area contributed by atoms with E-state index in [-0.39, 0.29) is 6.10 Å². The summed E-state index contributed by atoms with van der Waals surface area (Å²) in [5.74, 6) is 0.587. The van der Waals surface area contributed by atoms with Crippen molar-refractivity contribution in [2.45, 2.75) is 26.5 Å². The van der Waals surface area contributed by atoms with E-state index in [0.717, 1.165) is 24.5 Å². The maximum Gasteiger partial charge on any atom is 0.191 e. The Labute approximate surface area is 107 Å². The molecule has 0 saturated carbocycles. The zero-order chi connectivity index (χ0) is 13.1. The Morgan fingerprint density at radius 2 is 2.44 bits per heavy atom. The van der Waals surface area contributed by atoms with Crippen LogP contribution >= 0.6 is 0 Å². The first-order chi connectivity index (χ1) is 8.56. The number of nitrogens with two attached hydrogens (primary N) is 1. The molecule has 1 unspecified atom stereocenters. The van der Waals surface area contributed by atoms with Crippen LogP contribution in [0.2, 0.25) is 0 Å². The predicted octanol–water partition coefficient (Wildman–Crippen LogP) is 0.264. The molecule has 100 valence electrons. The van der Waals surface area contributed by atoms with Crippen LogP contribution in [0.3, 0.4) is 0 Å². The molecule has 18 heavy (non-hydrogen) atoms. The van der Waals surface area contributed by atoms with Crippen molar-refractivity contribution in [3.05, 3.63) is 17.5 Å². The fourth-order valence-corrected chi connectivity index (χ4v) is 2.10. The van der Waals surface area contributed by atoms with E-state index in [1.165, 1.54) is 0 Å². The zero-order valence-corrected chi connectivity index (χ0v) is 11.3. The number of aryl methyl sites for hydroxylation is 2. The van der Waals surface area contributed by atoms with E-state index in [2.05, 4.69) is 15.0 Å². The highest BCUT2D eigenvalue weighted by molar-refractivity contribution is 5.78. The molecular formula is C12H21N5O. The molecule has 0 aliphatic carbocycles. The smallest absolute Gasteiger partial charge is 0.191 e. The summed E-state index contributed by atoms with van der Waals surface area (Å²) in [7, 11) is 1.92. The van der Waals surface area contributed by atoms with Gasteiger partial charge in [0.1, 0.15) is 0 Å². The molecule has 0 bridgehead atoms. The number of nitrogens with zero attached hydrogens (tertiary/aromatic N) is 4. The van der Waals surface area contributed by atoms with Crippen molar-refractivity contribution in [2.75, 3.05) is 19.7 Å². The van der Waals surface area contributed by atoms with E-state index in [1.54, 1.807) is 0 Å². The number of aromatic nitrogens is 2. The molecule has 0 aromatic carbocycles. The standard InChI is InChI=1S/C12H21N5O/c1-9-6-11(16(3)15-9)7-14-12(13)17-4-5-18-10(2)8-17/h6,10H,4-5,7-8H2,1-3H3,(H2,13,14). The van der Waals surface area contributed by atoms with Gasteiger partial charge in [0, 0.05) is 20.1 Å². The van der Waals surface area contributed by atoms with Crippen LogP contribution in [0.4, 0.5) is 0 Å². The minimum Gasteiger partial charge on any atom is -0.375 e. The summed E-state index contributed by atoms with van der Waals surface area (Å²) in [5, 5.41) is 4.29. The normalized spacial score (nSPS) is 21.4. The van der Waals surface area contributed by atoms with E-state index in [1.807, 2.05) is 31.6 Å². The van der Waals surface area contributed by atoms with Crippen molar-refractivity contribution in [3.63, 3.8) is 0 Å². The first kappa shape index (κ1) is 12.9. The van der Waals surface area contributed by atoms with Crippen LogP contribution in [-0.2, 0) is 18.3 Å². The van der Waals surface area contributed by atoms with E-state index < -0.39 is 0 Å². The molecule has 2 heterocycles. The van der Waals surface area contributed by atoms with Gasteiger partial charge in [-0.15, -0.1) is 0 Å². The highest BCUT2D eigenvalue weighted by atomic mass is 16.5. The molecule has 0 radical (unpaired) electrons. The third-order valence-electron chi connectivity index (χ3n) is 3.07. The summed E-state index contributed by atoms with van der Waals surface area (Å²) in [4.78, 5) is 6.50. The molecule has 6 nitrogen and oxygen atoms in total. The molecule has 0 amide bonds. The summed E-state index contributed by atoms with van der Waals surface area (Å²) in [6.07, 6.45) is 0.214. The fourth-order valence-electron chi connectivity index (χ4n) is 2.10. The topological polar surface area (TPSA) is 68.7 Å². The van der Waals surface area contributed by atoms with Crippen LogP contribution in [0.25, 0.3) is 0 Å². The van der Waals surface area contributed by atoms with Gasteiger partial charge in [-0.25, -0.2) is 4.99 Å². The van der Waals surface area contributed by atoms with Gasteiger partial charge in [-0.1, -0.05) is 0 Å². The maximum atomic E-state index is 6.01. The number of guanidine groups is 1. The molecule has 6 heteroatoms. The SMILES string of the molecule is Cc1cc(CN=C(N)N2CCOC(C)C2)n(C)n1. The van der Waals surface area contributed by atoms with Crippen molar-refractivity contribution < 1.29 is 4.74 Å².